The Hall–Kier alpha value is -3.48. The van der Waals surface area contributed by atoms with Crippen molar-refractivity contribution in [1.29, 1.82) is 0 Å². The molecule has 1 aliphatic heterocycles. The summed E-state index contributed by atoms with van der Waals surface area (Å²) in [5.41, 5.74) is 4.35. The Labute approximate surface area is 219 Å². The molecule has 4 rings (SSSR count). The second kappa shape index (κ2) is 12.7. The molecule has 3 aromatic rings. The number of amides is 2. The van der Waals surface area contributed by atoms with Crippen molar-refractivity contribution in [3.63, 3.8) is 0 Å². The quantitative estimate of drug-likeness (QED) is 0.473. The van der Waals surface area contributed by atoms with E-state index in [0.29, 0.717) is 38.8 Å². The van der Waals surface area contributed by atoms with Crippen molar-refractivity contribution in [3.8, 4) is 11.1 Å². The van der Waals surface area contributed by atoms with E-state index in [1.807, 2.05) is 48.5 Å². The molecule has 194 valence electrons. The van der Waals surface area contributed by atoms with Crippen LogP contribution < -0.4 is 5.32 Å². The van der Waals surface area contributed by atoms with Crippen molar-refractivity contribution in [3.05, 3.63) is 96.1 Å². The fourth-order valence-corrected chi connectivity index (χ4v) is 4.94. The lowest BCUT2D eigenvalue weighted by molar-refractivity contribution is -0.146. The monoisotopic (exact) mass is 499 g/mol. The lowest BCUT2D eigenvalue weighted by atomic mass is 9.98. The summed E-state index contributed by atoms with van der Waals surface area (Å²) < 4.78 is 0. The van der Waals surface area contributed by atoms with Crippen LogP contribution in [0.4, 0.5) is 0 Å². The Morgan fingerprint density at radius 2 is 1.41 bits per heavy atom. The first-order valence-electron chi connectivity index (χ1n) is 13.1. The van der Waals surface area contributed by atoms with E-state index in [4.69, 9.17) is 0 Å². The van der Waals surface area contributed by atoms with Gasteiger partial charge in [-0.2, -0.15) is 0 Å². The lowest BCUT2D eigenvalue weighted by Crippen LogP contribution is -2.56. The molecule has 37 heavy (non-hydrogen) atoms. The maximum atomic E-state index is 13.7. The Bertz CT molecular complexity index is 1140. The van der Waals surface area contributed by atoms with Gasteiger partial charge >= 0.3 is 0 Å². The molecule has 1 aliphatic rings. The zero-order chi connectivity index (χ0) is 26.2. The maximum absolute atomic E-state index is 13.7. The Kier molecular flexibility index (Phi) is 9.09. The van der Waals surface area contributed by atoms with Crippen LogP contribution in [-0.2, 0) is 22.4 Å². The minimum Gasteiger partial charge on any atom is -0.393 e. The summed E-state index contributed by atoms with van der Waals surface area (Å²) >= 11 is 0. The van der Waals surface area contributed by atoms with Gasteiger partial charge in [-0.05, 0) is 48.6 Å². The van der Waals surface area contributed by atoms with Crippen molar-refractivity contribution >= 4 is 11.8 Å². The molecule has 2 amide bonds. The molecule has 0 radical (unpaired) electrons. The van der Waals surface area contributed by atoms with Gasteiger partial charge < -0.3 is 20.2 Å². The van der Waals surface area contributed by atoms with Crippen molar-refractivity contribution in [2.45, 2.75) is 43.9 Å². The van der Waals surface area contributed by atoms with Gasteiger partial charge in [-0.15, -0.1) is 0 Å². The standard InChI is InChI=1S/C31H37N3O3/c1-32-28(21-24-13-15-26(16-14-24)25-11-7-4-8-12-25)30(36)33(2)29(22-23-9-5-3-6-10-23)31(37)34-19-17-27(35)18-20-34/h3-16,27-29,32,35H,17-22H2,1-2H3/t28-,29-/m1/s1. The second-order valence-electron chi connectivity index (χ2n) is 9.82. The van der Waals surface area contributed by atoms with Crippen LogP contribution in [0.15, 0.2) is 84.9 Å². The van der Waals surface area contributed by atoms with E-state index in [1.165, 1.54) is 0 Å². The molecule has 2 atom stereocenters. The Morgan fingerprint density at radius 3 is 2.00 bits per heavy atom. The number of aliphatic hydroxyl groups excluding tert-OH is 1. The number of hydrogen-bond donors (Lipinski definition) is 2. The molecule has 1 saturated heterocycles. The Balaban J connectivity index is 1.49. The average molecular weight is 500 g/mol. The summed E-state index contributed by atoms with van der Waals surface area (Å²) in [4.78, 5) is 30.7. The zero-order valence-electron chi connectivity index (χ0n) is 21.7. The fourth-order valence-electron chi connectivity index (χ4n) is 4.94. The van der Waals surface area contributed by atoms with Gasteiger partial charge in [0.05, 0.1) is 12.1 Å². The number of aliphatic hydroxyl groups is 1. The fraction of sp³-hybridized carbons (Fsp3) is 0.355. The molecule has 6 heteroatoms. The van der Waals surface area contributed by atoms with E-state index in [2.05, 4.69) is 41.7 Å². The SMILES string of the molecule is CN[C@H](Cc1ccc(-c2ccccc2)cc1)C(=O)N(C)[C@H](Cc1ccccc1)C(=O)N1CCC(O)CC1. The van der Waals surface area contributed by atoms with Crippen LogP contribution in [0.1, 0.15) is 24.0 Å². The van der Waals surface area contributed by atoms with Crippen molar-refractivity contribution in [2.75, 3.05) is 27.2 Å². The highest BCUT2D eigenvalue weighted by molar-refractivity contribution is 5.90. The predicted octanol–water partition coefficient (Wildman–Crippen LogP) is 3.54. The van der Waals surface area contributed by atoms with Gasteiger partial charge in [0.2, 0.25) is 11.8 Å². The zero-order valence-corrected chi connectivity index (χ0v) is 21.7. The second-order valence-corrected chi connectivity index (χ2v) is 9.82. The molecule has 0 spiro atoms. The van der Waals surface area contributed by atoms with Gasteiger partial charge in [-0.25, -0.2) is 0 Å². The minimum atomic E-state index is -0.610. The van der Waals surface area contributed by atoms with E-state index < -0.39 is 12.1 Å². The number of likely N-dealkylation sites (tertiary alicyclic amines) is 1. The van der Waals surface area contributed by atoms with E-state index >= 15 is 0 Å². The molecule has 0 bridgehead atoms. The van der Waals surface area contributed by atoms with E-state index in [9.17, 15) is 14.7 Å². The van der Waals surface area contributed by atoms with Crippen LogP contribution in [0.5, 0.6) is 0 Å². The van der Waals surface area contributed by atoms with E-state index in [-0.39, 0.29) is 17.9 Å². The number of carbonyl (C=O) groups excluding carboxylic acids is 2. The van der Waals surface area contributed by atoms with E-state index in [0.717, 1.165) is 22.3 Å². The van der Waals surface area contributed by atoms with Crippen molar-refractivity contribution in [2.24, 2.45) is 0 Å². The third kappa shape index (κ3) is 6.85. The normalized spacial score (nSPS) is 15.7. The van der Waals surface area contributed by atoms with E-state index in [1.54, 1.807) is 23.9 Å². The molecule has 2 N–H and O–H groups in total. The molecule has 1 heterocycles. The third-order valence-electron chi connectivity index (χ3n) is 7.30. The molecule has 0 saturated carbocycles. The molecule has 1 fully saturated rings. The molecule has 6 nitrogen and oxygen atoms in total. The van der Waals surface area contributed by atoms with Gasteiger partial charge in [0.1, 0.15) is 6.04 Å². The summed E-state index contributed by atoms with van der Waals surface area (Å²) in [5.74, 6) is -0.172. The summed E-state index contributed by atoms with van der Waals surface area (Å²) in [7, 11) is 3.52. The highest BCUT2D eigenvalue weighted by Gasteiger charge is 2.34. The third-order valence-corrected chi connectivity index (χ3v) is 7.30. The first-order chi connectivity index (χ1) is 18.0. The first kappa shape index (κ1) is 26.6. The summed E-state index contributed by atoms with van der Waals surface area (Å²) in [6.07, 6.45) is 1.75. The van der Waals surface area contributed by atoms with Gasteiger partial charge in [-0.1, -0.05) is 84.9 Å². The number of hydrogen-bond acceptors (Lipinski definition) is 4. The number of piperidine rings is 1. The first-order valence-corrected chi connectivity index (χ1v) is 13.1. The lowest BCUT2D eigenvalue weighted by Gasteiger charge is -2.37. The van der Waals surface area contributed by atoms with Gasteiger partial charge in [-0.3, -0.25) is 9.59 Å². The smallest absolute Gasteiger partial charge is 0.245 e. The highest BCUT2D eigenvalue weighted by Crippen LogP contribution is 2.21. The maximum Gasteiger partial charge on any atom is 0.245 e. The number of nitrogens with zero attached hydrogens (tertiary/aromatic N) is 2. The number of nitrogens with one attached hydrogen (secondary N) is 1. The molecular formula is C31H37N3O3. The number of likely N-dealkylation sites (N-methyl/N-ethyl adjacent to an activating group) is 2. The van der Waals surface area contributed by atoms with Crippen molar-refractivity contribution < 1.29 is 14.7 Å². The van der Waals surface area contributed by atoms with Gasteiger partial charge in [0, 0.05) is 26.6 Å². The van der Waals surface area contributed by atoms with Crippen LogP contribution in [0.2, 0.25) is 0 Å². The summed E-state index contributed by atoms with van der Waals surface area (Å²) in [6.45, 7) is 1.02. The molecule has 3 aromatic carbocycles. The largest absolute Gasteiger partial charge is 0.393 e. The van der Waals surface area contributed by atoms with Crippen LogP contribution >= 0.6 is 0 Å². The van der Waals surface area contributed by atoms with Crippen LogP contribution in [0.25, 0.3) is 11.1 Å². The van der Waals surface area contributed by atoms with Crippen LogP contribution in [0.3, 0.4) is 0 Å². The van der Waals surface area contributed by atoms with Gasteiger partial charge in [0.15, 0.2) is 0 Å². The topological polar surface area (TPSA) is 72.9 Å². The summed E-state index contributed by atoms with van der Waals surface area (Å²) in [5, 5.41) is 13.1. The number of rotatable bonds is 9. The molecule has 0 aliphatic carbocycles. The minimum absolute atomic E-state index is 0.0614. The number of benzene rings is 3. The Morgan fingerprint density at radius 1 is 0.865 bits per heavy atom. The van der Waals surface area contributed by atoms with Crippen LogP contribution in [0, 0.1) is 0 Å². The predicted molar refractivity (Wildman–Crippen MR) is 147 cm³/mol. The molecule has 0 aromatic heterocycles. The number of carbonyl (C=O) groups is 2. The van der Waals surface area contributed by atoms with Gasteiger partial charge in [0.25, 0.3) is 0 Å². The van der Waals surface area contributed by atoms with Crippen LogP contribution in [-0.4, -0.2) is 72.1 Å². The molecule has 0 unspecified atom stereocenters. The summed E-state index contributed by atoms with van der Waals surface area (Å²) in [6, 6.07) is 27.2. The average Bonchev–Trinajstić information content (AvgIpc) is 2.95. The molecular weight excluding hydrogens is 462 g/mol. The van der Waals surface area contributed by atoms with Crippen molar-refractivity contribution in [1.82, 2.24) is 15.1 Å². The highest BCUT2D eigenvalue weighted by atomic mass is 16.3.